The van der Waals surface area contributed by atoms with Gasteiger partial charge in [-0.1, -0.05) is 12.8 Å². The average Bonchev–Trinajstić information content (AvgIpc) is 3.21. The highest BCUT2D eigenvalue weighted by Crippen LogP contribution is 2.20. The van der Waals surface area contributed by atoms with Crippen LogP contribution in [-0.4, -0.2) is 23.0 Å². The summed E-state index contributed by atoms with van der Waals surface area (Å²) in [5, 5.41) is 10.0. The van der Waals surface area contributed by atoms with E-state index in [9.17, 15) is 14.0 Å². The van der Waals surface area contributed by atoms with Gasteiger partial charge in [0.2, 0.25) is 0 Å². The minimum absolute atomic E-state index is 0.217. The first kappa shape index (κ1) is 16.4. The van der Waals surface area contributed by atoms with Crippen molar-refractivity contribution < 1.29 is 14.0 Å². The minimum atomic E-state index is -0.501. The second kappa shape index (κ2) is 7.39. The van der Waals surface area contributed by atoms with E-state index in [1.54, 1.807) is 5.38 Å². The van der Waals surface area contributed by atoms with Gasteiger partial charge >= 0.3 is 6.03 Å². The molecule has 6 nitrogen and oxygen atoms in total. The number of hydrogen-bond donors (Lipinski definition) is 3. The van der Waals surface area contributed by atoms with Gasteiger partial charge in [0.05, 0.1) is 0 Å². The van der Waals surface area contributed by atoms with Gasteiger partial charge in [-0.25, -0.2) is 14.2 Å². The van der Waals surface area contributed by atoms with Crippen LogP contribution in [0.25, 0.3) is 0 Å². The summed E-state index contributed by atoms with van der Waals surface area (Å²) in [6.07, 6.45) is 4.28. The van der Waals surface area contributed by atoms with Gasteiger partial charge in [0.25, 0.3) is 5.91 Å². The average molecular weight is 348 g/mol. The zero-order valence-electron chi connectivity index (χ0n) is 12.8. The lowest BCUT2D eigenvalue weighted by Gasteiger charge is -2.09. The van der Waals surface area contributed by atoms with E-state index in [-0.39, 0.29) is 17.8 Å². The molecule has 8 heteroatoms. The molecule has 1 aromatic carbocycles. The van der Waals surface area contributed by atoms with Crippen LogP contribution in [0.1, 0.15) is 36.2 Å². The SMILES string of the molecule is O=C(Nc1ccc(F)cc1)Nc1nc(C(=O)NC2CCCC2)cs1. The Morgan fingerprint density at radius 3 is 2.54 bits per heavy atom. The largest absolute Gasteiger partial charge is 0.348 e. The van der Waals surface area contributed by atoms with Gasteiger partial charge in [0, 0.05) is 17.1 Å². The molecule has 1 aromatic heterocycles. The number of nitrogens with zero attached hydrogens (tertiary/aromatic N) is 1. The van der Waals surface area contributed by atoms with Gasteiger partial charge in [0.1, 0.15) is 11.5 Å². The molecule has 1 aliphatic rings. The van der Waals surface area contributed by atoms with Gasteiger partial charge in [-0.3, -0.25) is 10.1 Å². The molecule has 1 saturated carbocycles. The summed E-state index contributed by atoms with van der Waals surface area (Å²) in [5.74, 6) is -0.594. The lowest BCUT2D eigenvalue weighted by atomic mass is 10.2. The second-order valence-corrected chi connectivity index (χ2v) is 6.44. The van der Waals surface area contributed by atoms with Crippen molar-refractivity contribution >= 4 is 34.1 Å². The van der Waals surface area contributed by atoms with Crippen LogP contribution in [0.2, 0.25) is 0 Å². The predicted molar refractivity (Wildman–Crippen MR) is 90.9 cm³/mol. The van der Waals surface area contributed by atoms with E-state index in [4.69, 9.17) is 0 Å². The topological polar surface area (TPSA) is 83.1 Å². The maximum Gasteiger partial charge on any atom is 0.325 e. The fourth-order valence-electron chi connectivity index (χ4n) is 2.56. The highest BCUT2D eigenvalue weighted by Gasteiger charge is 2.19. The molecule has 3 N–H and O–H groups in total. The monoisotopic (exact) mass is 348 g/mol. The fourth-order valence-corrected chi connectivity index (χ4v) is 3.24. The lowest BCUT2D eigenvalue weighted by Crippen LogP contribution is -2.32. The number of urea groups is 1. The van der Waals surface area contributed by atoms with E-state index >= 15 is 0 Å². The van der Waals surface area contributed by atoms with Gasteiger partial charge in [-0.05, 0) is 37.1 Å². The maximum atomic E-state index is 12.8. The van der Waals surface area contributed by atoms with E-state index in [2.05, 4.69) is 20.9 Å². The lowest BCUT2D eigenvalue weighted by molar-refractivity contribution is 0.0933. The van der Waals surface area contributed by atoms with Crippen molar-refractivity contribution in [3.05, 3.63) is 41.2 Å². The van der Waals surface area contributed by atoms with Crippen LogP contribution in [0.3, 0.4) is 0 Å². The summed E-state index contributed by atoms with van der Waals surface area (Å²) in [4.78, 5) is 28.1. The normalized spacial score (nSPS) is 14.4. The molecule has 0 atom stereocenters. The van der Waals surface area contributed by atoms with Crippen LogP contribution in [0.4, 0.5) is 20.0 Å². The number of rotatable bonds is 4. The third-order valence-corrected chi connectivity index (χ3v) is 4.51. The Morgan fingerprint density at radius 2 is 1.83 bits per heavy atom. The Labute approximate surface area is 142 Å². The number of nitrogens with one attached hydrogen (secondary N) is 3. The molecule has 1 aliphatic carbocycles. The first-order valence-corrected chi connectivity index (χ1v) is 8.58. The predicted octanol–water partition coefficient (Wildman–Crippen LogP) is 3.60. The van der Waals surface area contributed by atoms with Crippen molar-refractivity contribution in [3.63, 3.8) is 0 Å². The van der Waals surface area contributed by atoms with Crippen molar-refractivity contribution in [2.24, 2.45) is 0 Å². The summed E-state index contributed by atoms with van der Waals surface area (Å²) in [5.41, 5.74) is 0.758. The van der Waals surface area contributed by atoms with Crippen LogP contribution in [0, 0.1) is 5.82 Å². The van der Waals surface area contributed by atoms with Gasteiger partial charge < -0.3 is 10.6 Å². The molecule has 3 amide bonds. The Hall–Kier alpha value is -2.48. The van der Waals surface area contributed by atoms with Gasteiger partial charge in [0.15, 0.2) is 5.13 Å². The van der Waals surface area contributed by atoms with E-state index in [0.29, 0.717) is 16.5 Å². The highest BCUT2D eigenvalue weighted by atomic mass is 32.1. The number of carbonyl (C=O) groups is 2. The summed E-state index contributed by atoms with van der Waals surface area (Å²) < 4.78 is 12.8. The van der Waals surface area contributed by atoms with Crippen molar-refractivity contribution in [1.82, 2.24) is 10.3 Å². The Morgan fingerprint density at radius 1 is 1.12 bits per heavy atom. The fraction of sp³-hybridized carbons (Fsp3) is 0.312. The van der Waals surface area contributed by atoms with Gasteiger partial charge in [-0.15, -0.1) is 11.3 Å². The zero-order valence-corrected chi connectivity index (χ0v) is 13.7. The van der Waals surface area contributed by atoms with Crippen molar-refractivity contribution in [2.75, 3.05) is 10.6 Å². The first-order chi connectivity index (χ1) is 11.6. The minimum Gasteiger partial charge on any atom is -0.348 e. The molecule has 0 saturated heterocycles. The molecule has 0 spiro atoms. The standard InChI is InChI=1S/C16H17FN4O2S/c17-10-5-7-12(8-6-10)19-15(23)21-16-20-13(9-24-16)14(22)18-11-3-1-2-4-11/h5-9,11H,1-4H2,(H,18,22)(H2,19,20,21,23). The van der Waals surface area contributed by atoms with Crippen LogP contribution >= 0.6 is 11.3 Å². The molecular formula is C16H17FN4O2S. The third-order valence-electron chi connectivity index (χ3n) is 3.75. The molecule has 1 fully saturated rings. The zero-order chi connectivity index (χ0) is 16.9. The number of halogens is 1. The quantitative estimate of drug-likeness (QED) is 0.789. The van der Waals surface area contributed by atoms with E-state index in [0.717, 1.165) is 25.7 Å². The van der Waals surface area contributed by atoms with Crippen molar-refractivity contribution in [2.45, 2.75) is 31.7 Å². The molecule has 3 rings (SSSR count). The molecule has 1 heterocycles. The maximum absolute atomic E-state index is 12.8. The Balaban J connectivity index is 1.54. The second-order valence-electron chi connectivity index (χ2n) is 5.58. The summed E-state index contributed by atoms with van der Waals surface area (Å²) in [6, 6.07) is 5.14. The van der Waals surface area contributed by atoms with Crippen molar-refractivity contribution in [3.8, 4) is 0 Å². The van der Waals surface area contributed by atoms with E-state index < -0.39 is 6.03 Å². The highest BCUT2D eigenvalue weighted by molar-refractivity contribution is 7.14. The molecular weight excluding hydrogens is 331 g/mol. The number of carbonyl (C=O) groups excluding carboxylic acids is 2. The van der Waals surface area contributed by atoms with Crippen LogP contribution in [0.15, 0.2) is 29.6 Å². The molecule has 0 aliphatic heterocycles. The smallest absolute Gasteiger partial charge is 0.325 e. The van der Waals surface area contributed by atoms with E-state index in [1.807, 2.05) is 0 Å². The van der Waals surface area contributed by atoms with E-state index in [1.165, 1.54) is 35.6 Å². The Kier molecular flexibility index (Phi) is 5.05. The summed E-state index contributed by atoms with van der Waals surface area (Å²) in [6.45, 7) is 0. The third kappa shape index (κ3) is 4.29. The summed E-state index contributed by atoms with van der Waals surface area (Å²) >= 11 is 1.17. The number of aromatic nitrogens is 1. The number of thiazole rings is 1. The number of hydrogen-bond acceptors (Lipinski definition) is 4. The van der Waals surface area contributed by atoms with Gasteiger partial charge in [-0.2, -0.15) is 0 Å². The number of anilines is 2. The van der Waals surface area contributed by atoms with Crippen LogP contribution in [-0.2, 0) is 0 Å². The van der Waals surface area contributed by atoms with Crippen LogP contribution < -0.4 is 16.0 Å². The first-order valence-electron chi connectivity index (χ1n) is 7.70. The molecule has 24 heavy (non-hydrogen) atoms. The molecule has 0 bridgehead atoms. The molecule has 2 aromatic rings. The van der Waals surface area contributed by atoms with Crippen molar-refractivity contribution in [1.29, 1.82) is 0 Å². The Bertz CT molecular complexity index is 726. The number of benzene rings is 1. The molecule has 126 valence electrons. The molecule has 0 unspecified atom stereocenters. The summed E-state index contributed by atoms with van der Waals surface area (Å²) in [7, 11) is 0. The van der Waals surface area contributed by atoms with Crippen LogP contribution in [0.5, 0.6) is 0 Å². The molecule has 0 radical (unpaired) electrons. The number of amides is 3.